The fraction of sp³-hybridized carbons (Fsp3) is 0.348. The molecule has 0 radical (unpaired) electrons. The van der Waals surface area contributed by atoms with Gasteiger partial charge in [-0.15, -0.1) is 4.91 Å². The Morgan fingerprint density at radius 2 is 1.42 bits per heavy atom. The molecule has 0 heterocycles. The Morgan fingerprint density at radius 3 is 2.03 bits per heavy atom. The van der Waals surface area contributed by atoms with Gasteiger partial charge in [-0.25, -0.2) is 5.43 Å². The Balaban J connectivity index is 1.77. The van der Waals surface area contributed by atoms with E-state index in [1.165, 1.54) is 0 Å². The highest BCUT2D eigenvalue weighted by atomic mass is 16.3. The molecule has 0 saturated carbocycles. The molecule has 0 bridgehead atoms. The summed E-state index contributed by atoms with van der Waals surface area (Å²) in [5.74, 6) is -1.97. The van der Waals surface area contributed by atoms with Crippen LogP contribution in [-0.2, 0) is 27.2 Å². The Bertz CT molecular complexity index is 843. The van der Waals surface area contributed by atoms with Crippen molar-refractivity contribution in [2.45, 2.75) is 32.1 Å². The van der Waals surface area contributed by atoms with E-state index in [-0.39, 0.29) is 18.9 Å². The van der Waals surface area contributed by atoms with Crippen LogP contribution in [0.3, 0.4) is 0 Å². The van der Waals surface area contributed by atoms with Gasteiger partial charge in [0.05, 0.1) is 11.8 Å². The first kappa shape index (κ1) is 23.7. The van der Waals surface area contributed by atoms with Gasteiger partial charge in [0.2, 0.25) is 17.7 Å². The van der Waals surface area contributed by atoms with Crippen molar-refractivity contribution < 1.29 is 14.4 Å². The topological polar surface area (TPSA) is 117 Å². The number of amides is 3. The van der Waals surface area contributed by atoms with E-state index in [1.807, 2.05) is 66.1 Å². The quantitative estimate of drug-likeness (QED) is 0.338. The maximum Gasteiger partial charge on any atom is 0.243 e. The number of benzene rings is 2. The van der Waals surface area contributed by atoms with Crippen molar-refractivity contribution in [1.29, 1.82) is 0 Å². The number of rotatable bonds is 13. The van der Waals surface area contributed by atoms with Gasteiger partial charge in [0.15, 0.2) is 0 Å². The maximum absolute atomic E-state index is 12.5. The second-order valence-electron chi connectivity index (χ2n) is 7.21. The fourth-order valence-corrected chi connectivity index (χ4v) is 3.21. The first-order valence-corrected chi connectivity index (χ1v) is 10.3. The highest BCUT2D eigenvalue weighted by Crippen LogP contribution is 2.15. The standard InChI is InChI=1S/C23H28N4O4/c28-21(26-27-31)16-20(13-7-12-18-8-3-1-4-9-18)23(30)25-17-22(29)24-15-14-19-10-5-2-6-11-19/h1-6,8-11,20H,7,12-17H2,(H,24,29)(H,25,30)(H,26,28,31). The molecule has 1 unspecified atom stereocenters. The van der Waals surface area contributed by atoms with Gasteiger partial charge in [-0.2, -0.15) is 0 Å². The minimum atomic E-state index is -0.650. The molecule has 0 spiro atoms. The average molecular weight is 425 g/mol. The minimum absolute atomic E-state index is 0.165. The number of nitrogens with one attached hydrogen (secondary N) is 3. The van der Waals surface area contributed by atoms with Gasteiger partial charge in [0, 0.05) is 18.9 Å². The molecule has 1 atom stereocenters. The summed E-state index contributed by atoms with van der Waals surface area (Å²) in [6.45, 7) is 0.295. The SMILES string of the molecule is O=NNC(=O)CC(CCCc1ccccc1)C(=O)NCC(=O)NCCc1ccccc1. The average Bonchev–Trinajstić information content (AvgIpc) is 2.78. The number of carbonyl (C=O) groups is 3. The van der Waals surface area contributed by atoms with Gasteiger partial charge in [-0.3, -0.25) is 14.4 Å². The Kier molecular flexibility index (Phi) is 10.4. The van der Waals surface area contributed by atoms with Crippen molar-refractivity contribution in [3.05, 3.63) is 76.7 Å². The van der Waals surface area contributed by atoms with E-state index in [9.17, 15) is 19.3 Å². The number of nitrogens with zero attached hydrogens (tertiary/aromatic N) is 1. The minimum Gasteiger partial charge on any atom is -0.354 e. The molecule has 3 amide bonds. The van der Waals surface area contributed by atoms with E-state index in [1.54, 1.807) is 0 Å². The monoisotopic (exact) mass is 424 g/mol. The molecule has 0 aliphatic rings. The summed E-state index contributed by atoms with van der Waals surface area (Å²) >= 11 is 0. The molecule has 8 nitrogen and oxygen atoms in total. The van der Waals surface area contributed by atoms with E-state index in [2.05, 4.69) is 15.9 Å². The lowest BCUT2D eigenvalue weighted by Gasteiger charge is -2.16. The molecule has 0 aliphatic heterocycles. The van der Waals surface area contributed by atoms with Crippen LogP contribution >= 0.6 is 0 Å². The predicted octanol–water partition coefficient (Wildman–Crippen LogP) is 2.29. The lowest BCUT2D eigenvalue weighted by atomic mass is 9.95. The van der Waals surface area contributed by atoms with Crippen LogP contribution in [0.5, 0.6) is 0 Å². The van der Waals surface area contributed by atoms with Crippen LogP contribution < -0.4 is 16.1 Å². The van der Waals surface area contributed by atoms with Gasteiger partial charge in [0.25, 0.3) is 0 Å². The Hall–Kier alpha value is -3.55. The molecular formula is C23H28N4O4. The van der Waals surface area contributed by atoms with Crippen LogP contribution in [0, 0.1) is 10.8 Å². The molecule has 0 saturated heterocycles. The van der Waals surface area contributed by atoms with Gasteiger partial charge >= 0.3 is 0 Å². The number of hydrogen-bond donors (Lipinski definition) is 3. The molecule has 31 heavy (non-hydrogen) atoms. The van der Waals surface area contributed by atoms with E-state index in [0.717, 1.165) is 17.5 Å². The first-order valence-electron chi connectivity index (χ1n) is 10.3. The molecule has 2 rings (SSSR count). The van der Waals surface area contributed by atoms with Gasteiger partial charge in [-0.1, -0.05) is 60.7 Å². The summed E-state index contributed by atoms with van der Waals surface area (Å²) in [5, 5.41) is 7.71. The summed E-state index contributed by atoms with van der Waals surface area (Å²) in [7, 11) is 0. The molecule has 3 N–H and O–H groups in total. The first-order chi connectivity index (χ1) is 15.1. The zero-order valence-corrected chi connectivity index (χ0v) is 17.4. The van der Waals surface area contributed by atoms with Crippen molar-refractivity contribution in [1.82, 2.24) is 16.1 Å². The summed E-state index contributed by atoms with van der Waals surface area (Å²) in [5.41, 5.74) is 4.07. The van der Waals surface area contributed by atoms with Gasteiger partial charge in [0.1, 0.15) is 0 Å². The number of aryl methyl sites for hydroxylation is 1. The Morgan fingerprint density at radius 1 is 0.806 bits per heavy atom. The highest BCUT2D eigenvalue weighted by molar-refractivity contribution is 5.88. The molecule has 164 valence electrons. The lowest BCUT2D eigenvalue weighted by molar-refractivity contribution is -0.131. The zero-order chi connectivity index (χ0) is 22.3. The van der Waals surface area contributed by atoms with E-state index >= 15 is 0 Å². The molecular weight excluding hydrogens is 396 g/mol. The lowest BCUT2D eigenvalue weighted by Crippen LogP contribution is -2.41. The molecule has 2 aromatic carbocycles. The van der Waals surface area contributed by atoms with E-state index in [0.29, 0.717) is 25.8 Å². The van der Waals surface area contributed by atoms with E-state index in [4.69, 9.17) is 0 Å². The third-order valence-electron chi connectivity index (χ3n) is 4.84. The van der Waals surface area contributed by atoms with Crippen LogP contribution in [-0.4, -0.2) is 30.8 Å². The molecule has 0 aliphatic carbocycles. The van der Waals surface area contributed by atoms with Gasteiger partial charge < -0.3 is 10.6 Å². The molecule has 8 heteroatoms. The third kappa shape index (κ3) is 9.66. The number of nitroso groups, excluding NO2 is 1. The van der Waals surface area contributed by atoms with Crippen molar-refractivity contribution in [3.63, 3.8) is 0 Å². The Labute approximate surface area is 181 Å². The summed E-state index contributed by atoms with van der Waals surface area (Å²) < 4.78 is 0. The van der Waals surface area contributed by atoms with Crippen LogP contribution in [0.1, 0.15) is 30.4 Å². The normalized spacial score (nSPS) is 11.2. The molecule has 0 fully saturated rings. The van der Waals surface area contributed by atoms with Crippen LogP contribution in [0.15, 0.2) is 65.9 Å². The van der Waals surface area contributed by atoms with Crippen LogP contribution in [0.25, 0.3) is 0 Å². The smallest absolute Gasteiger partial charge is 0.243 e. The molecule has 2 aromatic rings. The van der Waals surface area contributed by atoms with E-state index < -0.39 is 17.7 Å². The van der Waals surface area contributed by atoms with Crippen LogP contribution in [0.2, 0.25) is 0 Å². The summed E-state index contributed by atoms with van der Waals surface area (Å²) in [6, 6.07) is 19.6. The van der Waals surface area contributed by atoms with Crippen molar-refractivity contribution >= 4 is 17.7 Å². The third-order valence-corrected chi connectivity index (χ3v) is 4.84. The second-order valence-corrected chi connectivity index (χ2v) is 7.21. The van der Waals surface area contributed by atoms with Gasteiger partial charge in [-0.05, 0) is 36.8 Å². The van der Waals surface area contributed by atoms with Crippen molar-refractivity contribution in [2.24, 2.45) is 11.2 Å². The predicted molar refractivity (Wildman–Crippen MR) is 118 cm³/mol. The zero-order valence-electron chi connectivity index (χ0n) is 17.4. The van der Waals surface area contributed by atoms with Crippen molar-refractivity contribution in [3.8, 4) is 0 Å². The highest BCUT2D eigenvalue weighted by Gasteiger charge is 2.22. The summed E-state index contributed by atoms with van der Waals surface area (Å²) in [6.07, 6.45) is 2.43. The second kappa shape index (κ2) is 13.6. The summed E-state index contributed by atoms with van der Waals surface area (Å²) in [4.78, 5) is 46.6. The van der Waals surface area contributed by atoms with Crippen molar-refractivity contribution in [2.75, 3.05) is 13.1 Å². The fourth-order valence-electron chi connectivity index (χ4n) is 3.21. The van der Waals surface area contributed by atoms with Crippen LogP contribution in [0.4, 0.5) is 0 Å². The number of carbonyl (C=O) groups excluding carboxylic acids is 3. The maximum atomic E-state index is 12.5. The largest absolute Gasteiger partial charge is 0.354 e. The number of hydrogen-bond acceptors (Lipinski definition) is 5. The molecule has 0 aromatic heterocycles.